The SMILES string of the molecule is O=C(NCC(O)CN1CCc2cc(OI)ccc2C1)c1ccnc(I)c1. The molecule has 8 heteroatoms. The first kappa shape index (κ1) is 19.8. The van der Waals surface area contributed by atoms with Gasteiger partial charge in [-0.3, -0.25) is 14.7 Å². The molecule has 1 atom stereocenters. The van der Waals surface area contributed by atoms with Crippen molar-refractivity contribution in [3.63, 3.8) is 0 Å². The van der Waals surface area contributed by atoms with Crippen molar-refractivity contribution >= 4 is 51.5 Å². The minimum absolute atomic E-state index is 0.195. The maximum Gasteiger partial charge on any atom is 0.251 e. The van der Waals surface area contributed by atoms with Gasteiger partial charge in [-0.2, -0.15) is 0 Å². The summed E-state index contributed by atoms with van der Waals surface area (Å²) in [6.45, 7) is 2.43. The van der Waals surface area contributed by atoms with Crippen molar-refractivity contribution < 1.29 is 13.0 Å². The fourth-order valence-electron chi connectivity index (χ4n) is 3.01. The molecule has 0 bridgehead atoms. The van der Waals surface area contributed by atoms with E-state index in [1.54, 1.807) is 18.3 Å². The van der Waals surface area contributed by atoms with Crippen LogP contribution in [0, 0.1) is 3.70 Å². The summed E-state index contributed by atoms with van der Waals surface area (Å²) in [6.07, 6.45) is 1.92. The number of nitrogens with one attached hydrogen (secondary N) is 1. The molecule has 0 fully saturated rings. The van der Waals surface area contributed by atoms with Gasteiger partial charge >= 0.3 is 0 Å². The van der Waals surface area contributed by atoms with E-state index in [-0.39, 0.29) is 12.5 Å². The number of hydrogen-bond acceptors (Lipinski definition) is 5. The number of aliphatic hydroxyl groups excluding tert-OH is 1. The maximum absolute atomic E-state index is 12.1. The number of aromatic nitrogens is 1. The van der Waals surface area contributed by atoms with E-state index in [9.17, 15) is 9.90 Å². The monoisotopic (exact) mass is 579 g/mol. The number of carbonyl (C=O) groups is 1. The first-order valence-electron chi connectivity index (χ1n) is 8.25. The molecule has 6 nitrogen and oxygen atoms in total. The Morgan fingerprint density at radius 2 is 2.19 bits per heavy atom. The molecule has 1 aromatic carbocycles. The maximum atomic E-state index is 12.1. The predicted molar refractivity (Wildman–Crippen MR) is 115 cm³/mol. The summed E-state index contributed by atoms with van der Waals surface area (Å²) in [7, 11) is 0. The topological polar surface area (TPSA) is 74.7 Å². The lowest BCUT2D eigenvalue weighted by atomic mass is 9.99. The summed E-state index contributed by atoms with van der Waals surface area (Å²) in [5.41, 5.74) is 3.11. The Balaban J connectivity index is 1.49. The fourth-order valence-corrected chi connectivity index (χ4v) is 3.78. The number of rotatable bonds is 6. The van der Waals surface area contributed by atoms with Gasteiger partial charge in [-0.05, 0) is 64.4 Å². The van der Waals surface area contributed by atoms with Crippen LogP contribution in [0.4, 0.5) is 0 Å². The van der Waals surface area contributed by atoms with Gasteiger partial charge < -0.3 is 13.5 Å². The Labute approximate surface area is 180 Å². The first-order valence-corrected chi connectivity index (χ1v) is 10.2. The number of benzene rings is 1. The van der Waals surface area contributed by atoms with Crippen LogP contribution >= 0.6 is 45.6 Å². The number of hydrogen-bond donors (Lipinski definition) is 2. The Bertz CT molecular complexity index is 788. The van der Waals surface area contributed by atoms with Crippen molar-refractivity contribution in [2.45, 2.75) is 19.1 Å². The molecule has 138 valence electrons. The van der Waals surface area contributed by atoms with Gasteiger partial charge in [0.15, 0.2) is 23.0 Å². The van der Waals surface area contributed by atoms with Crippen molar-refractivity contribution in [3.8, 4) is 5.75 Å². The average molecular weight is 579 g/mol. The number of carbonyl (C=O) groups excluding carboxylic acids is 1. The van der Waals surface area contributed by atoms with Gasteiger partial charge in [0.1, 0.15) is 9.45 Å². The minimum atomic E-state index is -0.613. The highest BCUT2D eigenvalue weighted by molar-refractivity contribution is 14.1. The Morgan fingerprint density at radius 3 is 2.96 bits per heavy atom. The molecule has 2 heterocycles. The largest absolute Gasteiger partial charge is 0.428 e. The van der Waals surface area contributed by atoms with E-state index in [0.717, 1.165) is 29.0 Å². The second-order valence-electron chi connectivity index (χ2n) is 6.22. The molecule has 2 N–H and O–H groups in total. The molecule has 0 saturated heterocycles. The molecule has 1 aliphatic rings. The molecule has 0 saturated carbocycles. The van der Waals surface area contributed by atoms with Crippen LogP contribution in [0.25, 0.3) is 0 Å². The third kappa shape index (κ3) is 5.27. The van der Waals surface area contributed by atoms with Crippen LogP contribution in [0.15, 0.2) is 36.5 Å². The van der Waals surface area contributed by atoms with Crippen LogP contribution in [0.3, 0.4) is 0 Å². The highest BCUT2D eigenvalue weighted by Crippen LogP contribution is 2.24. The Kier molecular flexibility index (Phi) is 7.06. The zero-order chi connectivity index (χ0) is 18.5. The summed E-state index contributed by atoms with van der Waals surface area (Å²) >= 11 is 3.95. The number of halogens is 2. The van der Waals surface area contributed by atoms with E-state index >= 15 is 0 Å². The van der Waals surface area contributed by atoms with Crippen molar-refractivity contribution in [2.75, 3.05) is 19.6 Å². The van der Waals surface area contributed by atoms with Crippen LogP contribution in [0.2, 0.25) is 0 Å². The van der Waals surface area contributed by atoms with Crippen LogP contribution in [0.5, 0.6) is 5.75 Å². The zero-order valence-electron chi connectivity index (χ0n) is 14.0. The Morgan fingerprint density at radius 1 is 1.35 bits per heavy atom. The molecule has 1 aliphatic heterocycles. The molecule has 1 unspecified atom stereocenters. The van der Waals surface area contributed by atoms with Crippen molar-refractivity contribution in [2.24, 2.45) is 0 Å². The fraction of sp³-hybridized carbons (Fsp3) is 0.333. The minimum Gasteiger partial charge on any atom is -0.428 e. The molecule has 1 aromatic heterocycles. The highest BCUT2D eigenvalue weighted by Gasteiger charge is 2.19. The average Bonchev–Trinajstić information content (AvgIpc) is 2.65. The summed E-state index contributed by atoms with van der Waals surface area (Å²) in [4.78, 5) is 18.4. The summed E-state index contributed by atoms with van der Waals surface area (Å²) < 4.78 is 6.00. The van der Waals surface area contributed by atoms with Gasteiger partial charge in [0.05, 0.1) is 6.10 Å². The molecular weight excluding hydrogens is 560 g/mol. The molecule has 3 rings (SSSR count). The van der Waals surface area contributed by atoms with Gasteiger partial charge in [-0.15, -0.1) is 0 Å². The van der Waals surface area contributed by atoms with Gasteiger partial charge in [-0.25, -0.2) is 0 Å². The van der Waals surface area contributed by atoms with E-state index < -0.39 is 6.10 Å². The lowest BCUT2D eigenvalue weighted by Crippen LogP contribution is -2.42. The van der Waals surface area contributed by atoms with Crippen LogP contribution in [0.1, 0.15) is 21.5 Å². The van der Waals surface area contributed by atoms with Gasteiger partial charge in [0, 0.05) is 37.9 Å². The third-order valence-electron chi connectivity index (χ3n) is 4.31. The van der Waals surface area contributed by atoms with Crippen LogP contribution in [-0.4, -0.2) is 46.6 Å². The Hall–Kier alpha value is -0.980. The third-order valence-corrected chi connectivity index (χ3v) is 5.41. The number of β-amino-alcohol motifs (C(OH)–C–C–N with tert-alkyl or cyclic N) is 1. The van der Waals surface area contributed by atoms with E-state index in [1.807, 2.05) is 29.1 Å². The quantitative estimate of drug-likeness (QED) is 0.407. The van der Waals surface area contributed by atoms with Gasteiger partial charge in [0.2, 0.25) is 0 Å². The lowest BCUT2D eigenvalue weighted by Gasteiger charge is -2.30. The van der Waals surface area contributed by atoms with E-state index in [0.29, 0.717) is 12.1 Å². The van der Waals surface area contributed by atoms with E-state index in [2.05, 4.69) is 49.9 Å². The summed E-state index contributed by atoms with van der Waals surface area (Å²) in [5.74, 6) is 0.672. The van der Waals surface area contributed by atoms with Gasteiger partial charge in [-0.1, -0.05) is 6.07 Å². The second-order valence-corrected chi connectivity index (χ2v) is 7.77. The lowest BCUT2D eigenvalue weighted by molar-refractivity contribution is 0.0841. The van der Waals surface area contributed by atoms with Crippen molar-refractivity contribution in [1.82, 2.24) is 15.2 Å². The highest BCUT2D eigenvalue weighted by atomic mass is 127. The number of pyridine rings is 1. The number of amides is 1. The molecule has 2 aromatic rings. The summed E-state index contributed by atoms with van der Waals surface area (Å²) in [5, 5.41) is 13.1. The number of aliphatic hydroxyl groups is 1. The van der Waals surface area contributed by atoms with Crippen LogP contribution in [-0.2, 0) is 13.0 Å². The predicted octanol–water partition coefficient (Wildman–Crippen LogP) is 2.56. The van der Waals surface area contributed by atoms with Crippen LogP contribution < -0.4 is 8.38 Å². The number of nitrogens with zero attached hydrogens (tertiary/aromatic N) is 2. The smallest absolute Gasteiger partial charge is 0.251 e. The van der Waals surface area contributed by atoms with Gasteiger partial charge in [0.25, 0.3) is 5.91 Å². The molecule has 26 heavy (non-hydrogen) atoms. The zero-order valence-corrected chi connectivity index (χ0v) is 18.3. The van der Waals surface area contributed by atoms with E-state index in [1.165, 1.54) is 11.1 Å². The summed E-state index contributed by atoms with van der Waals surface area (Å²) in [6, 6.07) is 9.50. The normalized spacial score (nSPS) is 15.2. The van der Waals surface area contributed by atoms with Crippen molar-refractivity contribution in [3.05, 3.63) is 56.9 Å². The first-order chi connectivity index (χ1) is 12.5. The molecular formula is C18H19I2N3O3. The van der Waals surface area contributed by atoms with E-state index in [4.69, 9.17) is 3.07 Å². The second kappa shape index (κ2) is 9.29. The van der Waals surface area contributed by atoms with Crippen molar-refractivity contribution in [1.29, 1.82) is 0 Å². The molecule has 1 amide bonds. The molecule has 0 aliphatic carbocycles. The molecule has 0 radical (unpaired) electrons. The number of fused-ring (bicyclic) bond motifs is 1. The standard InChI is InChI=1S/C18H19I2N3O3/c19-17-8-13(3-5-21-17)18(25)22-9-15(24)11-23-6-4-12-7-16(26-20)2-1-14(12)10-23/h1-3,5,7-8,15,24H,4,6,9-11H2,(H,22,25). The molecule has 0 spiro atoms.